The van der Waals surface area contributed by atoms with Gasteiger partial charge in [0.25, 0.3) is 0 Å². The van der Waals surface area contributed by atoms with Gasteiger partial charge in [-0.2, -0.15) is 4.31 Å². The Morgan fingerprint density at radius 2 is 2.06 bits per heavy atom. The van der Waals surface area contributed by atoms with Gasteiger partial charge in [0.1, 0.15) is 0 Å². The van der Waals surface area contributed by atoms with Gasteiger partial charge in [-0.05, 0) is 19.9 Å². The molecule has 0 atom stereocenters. The minimum atomic E-state index is -3.54. The molecule has 16 heavy (non-hydrogen) atoms. The highest BCUT2D eigenvalue weighted by molar-refractivity contribution is 7.89. The molecule has 1 aromatic heterocycles. The molecule has 5 nitrogen and oxygen atoms in total. The van der Waals surface area contributed by atoms with E-state index in [2.05, 4.69) is 0 Å². The molecule has 0 aliphatic heterocycles. The summed E-state index contributed by atoms with van der Waals surface area (Å²) in [6, 6.07) is 1.54. The molecule has 0 amide bonds. The number of aryl methyl sites for hydroxylation is 1. The third kappa shape index (κ3) is 2.28. The molecule has 0 saturated carbocycles. The van der Waals surface area contributed by atoms with E-state index in [4.69, 9.17) is 5.11 Å². The van der Waals surface area contributed by atoms with E-state index in [1.807, 2.05) is 0 Å². The van der Waals surface area contributed by atoms with Gasteiger partial charge in [-0.25, -0.2) is 8.42 Å². The van der Waals surface area contributed by atoms with Crippen LogP contribution in [0.25, 0.3) is 0 Å². The maximum absolute atomic E-state index is 12.2. The molecule has 0 aromatic carbocycles. The molecule has 0 bridgehead atoms. The van der Waals surface area contributed by atoms with Crippen LogP contribution in [0.4, 0.5) is 0 Å². The average Bonchev–Trinajstić information content (AvgIpc) is 2.64. The maximum atomic E-state index is 12.2. The highest BCUT2D eigenvalue weighted by Gasteiger charge is 2.33. The molecule has 0 unspecified atom stereocenters. The van der Waals surface area contributed by atoms with Gasteiger partial charge in [-0.1, -0.05) is 0 Å². The van der Waals surface area contributed by atoms with E-state index >= 15 is 0 Å². The lowest BCUT2D eigenvalue weighted by Crippen LogP contribution is -2.47. The topological polar surface area (TPSA) is 62.5 Å². The van der Waals surface area contributed by atoms with Gasteiger partial charge in [-0.3, -0.25) is 0 Å². The molecule has 6 heteroatoms. The summed E-state index contributed by atoms with van der Waals surface area (Å²) in [7, 11) is -0.305. The molecular formula is C10H18N2O3S. The first kappa shape index (κ1) is 13.2. The number of nitrogens with zero attached hydrogens (tertiary/aromatic N) is 2. The minimum Gasteiger partial charge on any atom is -0.394 e. The van der Waals surface area contributed by atoms with Crippen LogP contribution in [0.3, 0.4) is 0 Å². The summed E-state index contributed by atoms with van der Waals surface area (Å²) >= 11 is 0. The van der Waals surface area contributed by atoms with Crippen molar-refractivity contribution in [3.63, 3.8) is 0 Å². The Morgan fingerprint density at radius 3 is 2.44 bits per heavy atom. The van der Waals surface area contributed by atoms with Crippen LogP contribution in [0.15, 0.2) is 23.4 Å². The van der Waals surface area contributed by atoms with Gasteiger partial charge in [0.05, 0.1) is 17.0 Å². The molecule has 0 aliphatic rings. The van der Waals surface area contributed by atoms with Crippen LogP contribution in [0.1, 0.15) is 13.8 Å². The number of aliphatic hydroxyl groups excluding tert-OH is 1. The molecule has 0 aliphatic carbocycles. The lowest BCUT2D eigenvalue weighted by molar-refractivity contribution is 0.138. The van der Waals surface area contributed by atoms with Crippen LogP contribution in [-0.2, 0) is 17.1 Å². The van der Waals surface area contributed by atoms with Gasteiger partial charge in [0, 0.05) is 26.5 Å². The lowest BCUT2D eigenvalue weighted by atomic mass is 10.1. The van der Waals surface area contributed by atoms with Crippen molar-refractivity contribution in [1.82, 2.24) is 8.87 Å². The molecule has 1 rings (SSSR count). The lowest BCUT2D eigenvalue weighted by Gasteiger charge is -2.32. The predicted octanol–water partition coefficient (Wildman–Crippen LogP) is 0.416. The molecule has 1 heterocycles. The Morgan fingerprint density at radius 1 is 1.50 bits per heavy atom. The highest BCUT2D eigenvalue weighted by Crippen LogP contribution is 2.22. The number of sulfonamides is 1. The van der Waals surface area contributed by atoms with Gasteiger partial charge in [0.2, 0.25) is 10.0 Å². The van der Waals surface area contributed by atoms with Crippen molar-refractivity contribution in [2.75, 3.05) is 13.7 Å². The maximum Gasteiger partial charge on any atom is 0.244 e. The van der Waals surface area contributed by atoms with Crippen molar-refractivity contribution in [2.45, 2.75) is 24.3 Å². The zero-order valence-corrected chi connectivity index (χ0v) is 10.8. The van der Waals surface area contributed by atoms with Crippen molar-refractivity contribution in [3.05, 3.63) is 18.5 Å². The summed E-state index contributed by atoms with van der Waals surface area (Å²) in [5.41, 5.74) is -0.811. The summed E-state index contributed by atoms with van der Waals surface area (Å²) in [4.78, 5) is 0.235. The average molecular weight is 246 g/mol. The molecule has 0 radical (unpaired) electrons. The summed E-state index contributed by atoms with van der Waals surface area (Å²) in [5.74, 6) is 0. The Labute approximate surface area is 96.4 Å². The van der Waals surface area contributed by atoms with Crippen LogP contribution in [0.5, 0.6) is 0 Å². The second kappa shape index (κ2) is 4.20. The number of rotatable bonds is 4. The summed E-state index contributed by atoms with van der Waals surface area (Å²) < 4.78 is 27.2. The van der Waals surface area contributed by atoms with E-state index in [1.54, 1.807) is 43.9 Å². The summed E-state index contributed by atoms with van der Waals surface area (Å²) in [6.07, 6.45) is 3.21. The van der Waals surface area contributed by atoms with E-state index in [-0.39, 0.29) is 11.5 Å². The molecule has 1 N–H and O–H groups in total. The SMILES string of the molecule is CN(C(C)(C)CO)S(=O)(=O)c1ccn(C)c1. The fraction of sp³-hybridized carbons (Fsp3) is 0.600. The van der Waals surface area contributed by atoms with E-state index in [1.165, 1.54) is 11.4 Å². The number of aromatic nitrogens is 1. The van der Waals surface area contributed by atoms with Crippen LogP contribution < -0.4 is 0 Å². The summed E-state index contributed by atoms with van der Waals surface area (Å²) in [5, 5.41) is 9.17. The monoisotopic (exact) mass is 246 g/mol. The quantitative estimate of drug-likeness (QED) is 0.837. The number of aliphatic hydroxyl groups is 1. The molecule has 92 valence electrons. The minimum absolute atomic E-state index is 0.227. The molecule has 1 aromatic rings. The second-order valence-corrected chi connectivity index (χ2v) is 6.43. The first-order chi connectivity index (χ1) is 7.21. The zero-order valence-electron chi connectivity index (χ0n) is 10.0. The van der Waals surface area contributed by atoms with Crippen molar-refractivity contribution >= 4 is 10.0 Å². The fourth-order valence-electron chi connectivity index (χ4n) is 1.21. The molecule has 0 fully saturated rings. The van der Waals surface area contributed by atoms with Gasteiger partial charge < -0.3 is 9.67 Å². The van der Waals surface area contributed by atoms with Crippen molar-refractivity contribution < 1.29 is 13.5 Å². The van der Waals surface area contributed by atoms with Crippen LogP contribution in [0, 0.1) is 0 Å². The predicted molar refractivity (Wildman–Crippen MR) is 61.5 cm³/mol. The Hall–Kier alpha value is -0.850. The van der Waals surface area contributed by atoms with Crippen molar-refractivity contribution in [2.24, 2.45) is 7.05 Å². The standard InChI is InChI=1S/C10H18N2O3S/c1-10(2,8-13)12(4)16(14,15)9-5-6-11(3)7-9/h5-7,13H,8H2,1-4H3. The molecule has 0 spiro atoms. The van der Waals surface area contributed by atoms with Gasteiger partial charge in [-0.15, -0.1) is 0 Å². The number of likely N-dealkylation sites (N-methyl/N-ethyl adjacent to an activating group) is 1. The Kier molecular flexibility index (Phi) is 3.47. The number of hydrogen-bond acceptors (Lipinski definition) is 3. The van der Waals surface area contributed by atoms with E-state index in [9.17, 15) is 8.42 Å². The Balaban J connectivity index is 3.13. The van der Waals surface area contributed by atoms with E-state index in [0.29, 0.717) is 0 Å². The third-order valence-electron chi connectivity index (χ3n) is 2.70. The molecule has 0 saturated heterocycles. The fourth-order valence-corrected chi connectivity index (χ4v) is 2.77. The zero-order chi connectivity index (χ0) is 12.6. The van der Waals surface area contributed by atoms with Crippen LogP contribution in [-0.4, -0.2) is 41.6 Å². The van der Waals surface area contributed by atoms with Crippen molar-refractivity contribution in [1.29, 1.82) is 0 Å². The van der Waals surface area contributed by atoms with E-state index < -0.39 is 15.6 Å². The number of hydrogen-bond donors (Lipinski definition) is 1. The normalized spacial score (nSPS) is 13.4. The highest BCUT2D eigenvalue weighted by atomic mass is 32.2. The third-order valence-corrected chi connectivity index (χ3v) is 4.76. The smallest absolute Gasteiger partial charge is 0.244 e. The first-order valence-electron chi connectivity index (χ1n) is 4.93. The van der Waals surface area contributed by atoms with Gasteiger partial charge in [0.15, 0.2) is 0 Å². The molecular weight excluding hydrogens is 228 g/mol. The van der Waals surface area contributed by atoms with E-state index in [0.717, 1.165) is 0 Å². The summed E-state index contributed by atoms with van der Waals surface area (Å²) in [6.45, 7) is 3.12. The van der Waals surface area contributed by atoms with Crippen LogP contribution in [0.2, 0.25) is 0 Å². The van der Waals surface area contributed by atoms with Gasteiger partial charge >= 0.3 is 0 Å². The second-order valence-electron chi connectivity index (χ2n) is 4.46. The first-order valence-corrected chi connectivity index (χ1v) is 6.37. The van der Waals surface area contributed by atoms with Crippen molar-refractivity contribution in [3.8, 4) is 0 Å². The largest absolute Gasteiger partial charge is 0.394 e. The van der Waals surface area contributed by atoms with Crippen LogP contribution >= 0.6 is 0 Å². The Bertz CT molecular complexity index is 462.